The summed E-state index contributed by atoms with van der Waals surface area (Å²) in [6.45, 7) is 4.11. The highest BCUT2D eigenvalue weighted by Crippen LogP contribution is 2.18. The molecule has 2 aromatic rings. The summed E-state index contributed by atoms with van der Waals surface area (Å²) in [5, 5.41) is 0. The first-order valence-electron chi connectivity index (χ1n) is 5.33. The molecule has 0 aromatic heterocycles. The van der Waals surface area contributed by atoms with Gasteiger partial charge in [-0.1, -0.05) is 49.0 Å². The fourth-order valence-electron chi connectivity index (χ4n) is 1.66. The van der Waals surface area contributed by atoms with Crippen molar-refractivity contribution in [1.82, 2.24) is 0 Å². The summed E-state index contributed by atoms with van der Waals surface area (Å²) in [7, 11) is 0. The van der Waals surface area contributed by atoms with Crippen molar-refractivity contribution in [1.29, 1.82) is 0 Å². The van der Waals surface area contributed by atoms with Crippen molar-refractivity contribution < 1.29 is 0 Å². The van der Waals surface area contributed by atoms with Gasteiger partial charge in [-0.3, -0.25) is 0 Å². The highest BCUT2D eigenvalue weighted by Gasteiger charge is 1.99. The molecule has 2 aromatic carbocycles. The van der Waals surface area contributed by atoms with Crippen LogP contribution in [0, 0.1) is 0 Å². The van der Waals surface area contributed by atoms with Gasteiger partial charge in [0, 0.05) is 5.69 Å². The highest BCUT2D eigenvalue weighted by atomic mass is 14.5. The lowest BCUT2D eigenvalue weighted by Crippen LogP contribution is -1.90. The maximum Gasteiger partial charge on any atom is 0.0314 e. The van der Waals surface area contributed by atoms with E-state index in [9.17, 15) is 0 Å². The summed E-state index contributed by atoms with van der Waals surface area (Å²) < 4.78 is 0. The van der Waals surface area contributed by atoms with Crippen molar-refractivity contribution in [2.24, 2.45) is 0 Å². The van der Waals surface area contributed by atoms with Crippen LogP contribution in [0.2, 0.25) is 0 Å². The van der Waals surface area contributed by atoms with E-state index in [0.717, 1.165) is 17.7 Å². The van der Waals surface area contributed by atoms with Crippen LogP contribution in [-0.2, 0) is 6.42 Å². The van der Waals surface area contributed by atoms with Crippen LogP contribution < -0.4 is 5.73 Å². The first-order chi connectivity index (χ1) is 7.75. The normalized spacial score (nSPS) is 10.0. The quantitative estimate of drug-likeness (QED) is 0.769. The molecule has 0 atom stereocenters. The second-order valence-electron chi connectivity index (χ2n) is 3.89. The van der Waals surface area contributed by atoms with Crippen LogP contribution in [-0.4, -0.2) is 0 Å². The Morgan fingerprint density at radius 1 is 0.938 bits per heavy atom. The number of nitrogen functional groups attached to an aromatic ring is 1. The van der Waals surface area contributed by atoms with Crippen molar-refractivity contribution in [3.63, 3.8) is 0 Å². The Labute approximate surface area is 96.2 Å². The number of hydrogen-bond donors (Lipinski definition) is 1. The molecular formula is C15H15N. The van der Waals surface area contributed by atoms with Gasteiger partial charge < -0.3 is 5.73 Å². The Kier molecular flexibility index (Phi) is 3.06. The molecule has 0 radical (unpaired) electrons. The molecule has 0 fully saturated rings. The third kappa shape index (κ3) is 2.51. The predicted octanol–water partition coefficient (Wildman–Crippen LogP) is 3.52. The molecule has 0 aliphatic heterocycles. The fourth-order valence-corrected chi connectivity index (χ4v) is 1.66. The van der Waals surface area contributed by atoms with Gasteiger partial charge in [0.1, 0.15) is 0 Å². The number of nitrogens with two attached hydrogens (primary N) is 1. The monoisotopic (exact) mass is 209 g/mol. The zero-order valence-corrected chi connectivity index (χ0v) is 9.19. The lowest BCUT2D eigenvalue weighted by Gasteiger charge is -2.06. The lowest BCUT2D eigenvalue weighted by molar-refractivity contribution is 1.29. The molecule has 0 bridgehead atoms. The van der Waals surface area contributed by atoms with Gasteiger partial charge in [0.25, 0.3) is 0 Å². The van der Waals surface area contributed by atoms with Crippen LogP contribution in [0.25, 0.3) is 5.57 Å². The van der Waals surface area contributed by atoms with Crippen molar-refractivity contribution in [2.75, 3.05) is 5.73 Å². The van der Waals surface area contributed by atoms with Gasteiger partial charge in [-0.05, 0) is 35.3 Å². The zero-order valence-electron chi connectivity index (χ0n) is 9.19. The number of allylic oxidation sites excluding steroid dienone is 1. The van der Waals surface area contributed by atoms with Crippen LogP contribution >= 0.6 is 0 Å². The zero-order chi connectivity index (χ0) is 11.4. The van der Waals surface area contributed by atoms with Crippen molar-refractivity contribution in [3.8, 4) is 0 Å². The molecule has 0 amide bonds. The molecule has 80 valence electrons. The second kappa shape index (κ2) is 4.67. The van der Waals surface area contributed by atoms with E-state index in [-0.39, 0.29) is 0 Å². The minimum Gasteiger partial charge on any atom is -0.399 e. The van der Waals surface area contributed by atoms with E-state index in [1.165, 1.54) is 11.1 Å². The molecule has 1 nitrogen and oxygen atoms in total. The van der Waals surface area contributed by atoms with Crippen molar-refractivity contribution in [3.05, 3.63) is 72.3 Å². The topological polar surface area (TPSA) is 26.0 Å². The van der Waals surface area contributed by atoms with Gasteiger partial charge in [-0.15, -0.1) is 0 Å². The Balaban J connectivity index is 2.11. The molecule has 0 aliphatic carbocycles. The highest BCUT2D eigenvalue weighted by molar-refractivity contribution is 5.65. The summed E-state index contributed by atoms with van der Waals surface area (Å²) in [6.07, 6.45) is 0.865. The van der Waals surface area contributed by atoms with E-state index in [2.05, 4.69) is 18.7 Å². The van der Waals surface area contributed by atoms with Gasteiger partial charge in [0.2, 0.25) is 0 Å². The molecule has 1 heteroatoms. The van der Waals surface area contributed by atoms with Gasteiger partial charge in [-0.25, -0.2) is 0 Å². The lowest BCUT2D eigenvalue weighted by atomic mass is 10.00. The third-order valence-electron chi connectivity index (χ3n) is 2.58. The van der Waals surface area contributed by atoms with Gasteiger partial charge in [-0.2, -0.15) is 0 Å². The first-order valence-corrected chi connectivity index (χ1v) is 5.33. The Morgan fingerprint density at radius 2 is 1.56 bits per heavy atom. The van der Waals surface area contributed by atoms with E-state index in [4.69, 9.17) is 5.73 Å². The average Bonchev–Trinajstić information content (AvgIpc) is 2.33. The van der Waals surface area contributed by atoms with Gasteiger partial charge in [0.05, 0.1) is 0 Å². The van der Waals surface area contributed by atoms with Crippen LogP contribution in [0.1, 0.15) is 11.1 Å². The first kappa shape index (κ1) is 10.5. The molecule has 16 heavy (non-hydrogen) atoms. The van der Waals surface area contributed by atoms with Crippen molar-refractivity contribution >= 4 is 11.3 Å². The SMILES string of the molecule is C=C(Cc1ccc(N)cc1)c1ccccc1. The average molecular weight is 209 g/mol. The standard InChI is InChI=1S/C15H15N/c1-12(14-5-3-2-4-6-14)11-13-7-9-15(16)10-8-13/h2-10H,1,11,16H2. The van der Waals surface area contributed by atoms with Crippen molar-refractivity contribution in [2.45, 2.75) is 6.42 Å². The molecule has 0 unspecified atom stereocenters. The van der Waals surface area contributed by atoms with Gasteiger partial charge >= 0.3 is 0 Å². The third-order valence-corrected chi connectivity index (χ3v) is 2.58. The smallest absolute Gasteiger partial charge is 0.0314 e. The largest absolute Gasteiger partial charge is 0.399 e. The van der Waals surface area contributed by atoms with E-state index in [0.29, 0.717) is 0 Å². The minimum atomic E-state index is 0.800. The Morgan fingerprint density at radius 3 is 2.19 bits per heavy atom. The number of anilines is 1. The molecule has 0 saturated heterocycles. The van der Waals surface area contributed by atoms with Crippen LogP contribution in [0.4, 0.5) is 5.69 Å². The molecular weight excluding hydrogens is 194 g/mol. The summed E-state index contributed by atoms with van der Waals surface area (Å²) >= 11 is 0. The molecule has 2 N–H and O–H groups in total. The van der Waals surface area contributed by atoms with E-state index >= 15 is 0 Å². The van der Waals surface area contributed by atoms with Crippen LogP contribution in [0.5, 0.6) is 0 Å². The molecule has 0 saturated carbocycles. The van der Waals surface area contributed by atoms with Crippen LogP contribution in [0.15, 0.2) is 61.2 Å². The van der Waals surface area contributed by atoms with E-state index in [1.54, 1.807) is 0 Å². The number of rotatable bonds is 3. The molecule has 0 aliphatic rings. The molecule has 0 heterocycles. The summed E-state index contributed by atoms with van der Waals surface area (Å²) in [5.74, 6) is 0. The Hall–Kier alpha value is -2.02. The number of benzene rings is 2. The summed E-state index contributed by atoms with van der Waals surface area (Å²) in [4.78, 5) is 0. The van der Waals surface area contributed by atoms with E-state index in [1.807, 2.05) is 42.5 Å². The predicted molar refractivity (Wildman–Crippen MR) is 70.0 cm³/mol. The molecule has 0 spiro atoms. The maximum absolute atomic E-state index is 5.65. The molecule has 2 rings (SSSR count). The van der Waals surface area contributed by atoms with E-state index < -0.39 is 0 Å². The fraction of sp³-hybridized carbons (Fsp3) is 0.0667. The van der Waals surface area contributed by atoms with Gasteiger partial charge in [0.15, 0.2) is 0 Å². The maximum atomic E-state index is 5.65. The second-order valence-corrected chi connectivity index (χ2v) is 3.89. The number of hydrogen-bond acceptors (Lipinski definition) is 1. The summed E-state index contributed by atoms with van der Waals surface area (Å²) in [6, 6.07) is 18.2. The minimum absolute atomic E-state index is 0.800. The Bertz CT molecular complexity index is 469. The van der Waals surface area contributed by atoms with Crippen LogP contribution in [0.3, 0.4) is 0 Å². The summed E-state index contributed by atoms with van der Waals surface area (Å²) in [5.41, 5.74) is 10.0.